The number of hydrogen-bond donors (Lipinski definition) is 1. The van der Waals surface area contributed by atoms with Crippen molar-refractivity contribution in [1.82, 2.24) is 14.5 Å². The lowest BCUT2D eigenvalue weighted by Crippen LogP contribution is -2.39. The van der Waals surface area contributed by atoms with Crippen LogP contribution < -0.4 is 5.32 Å². The number of piperidine rings is 1. The highest BCUT2D eigenvalue weighted by Gasteiger charge is 2.32. The standard InChI is InChI=1S/C23H26N4O3S2/c1-2-7-17-11-13-20(14-12-17)32(29,30)27-15-6-8-18(16-27)22-25-26-23(31-22)21(28)24-19-9-4-3-5-10-19/h3-5,9-14,18H,2,6-8,15-16H2,1H3,(H,24,28). The molecule has 2 heterocycles. The average Bonchev–Trinajstić information content (AvgIpc) is 3.31. The van der Waals surface area contributed by atoms with E-state index in [0.29, 0.717) is 28.7 Å². The van der Waals surface area contributed by atoms with Crippen molar-refractivity contribution in [3.63, 3.8) is 0 Å². The number of carbonyl (C=O) groups is 1. The van der Waals surface area contributed by atoms with Gasteiger partial charge in [0.05, 0.1) is 4.90 Å². The Morgan fingerprint density at radius 1 is 1.12 bits per heavy atom. The maximum absolute atomic E-state index is 13.2. The zero-order valence-corrected chi connectivity index (χ0v) is 19.5. The Bertz CT molecular complexity index is 1160. The van der Waals surface area contributed by atoms with E-state index in [9.17, 15) is 13.2 Å². The molecule has 1 fully saturated rings. The molecule has 1 N–H and O–H groups in total. The van der Waals surface area contributed by atoms with Crippen molar-refractivity contribution < 1.29 is 13.2 Å². The van der Waals surface area contributed by atoms with E-state index in [1.807, 2.05) is 30.3 Å². The summed E-state index contributed by atoms with van der Waals surface area (Å²) < 4.78 is 27.9. The minimum atomic E-state index is -3.57. The van der Waals surface area contributed by atoms with Crippen LogP contribution in [0, 0.1) is 0 Å². The lowest BCUT2D eigenvalue weighted by atomic mass is 10.0. The van der Waals surface area contributed by atoms with E-state index >= 15 is 0 Å². The molecule has 0 radical (unpaired) electrons. The zero-order chi connectivity index (χ0) is 22.6. The number of para-hydroxylation sites is 1. The second-order valence-corrected chi connectivity index (χ2v) is 10.8. The number of aromatic nitrogens is 2. The summed E-state index contributed by atoms with van der Waals surface area (Å²) in [5, 5.41) is 12.0. The molecule has 1 aromatic heterocycles. The molecule has 0 spiro atoms. The fourth-order valence-electron chi connectivity index (χ4n) is 3.83. The largest absolute Gasteiger partial charge is 0.320 e. The number of amides is 1. The molecule has 9 heteroatoms. The SMILES string of the molecule is CCCc1ccc(S(=O)(=O)N2CCCC(c3nnc(C(=O)Nc4ccccc4)s3)C2)cc1. The van der Waals surface area contributed by atoms with Gasteiger partial charge in [-0.2, -0.15) is 4.31 Å². The lowest BCUT2D eigenvalue weighted by Gasteiger charge is -2.30. The monoisotopic (exact) mass is 470 g/mol. The molecule has 1 amide bonds. The summed E-state index contributed by atoms with van der Waals surface area (Å²) in [4.78, 5) is 12.8. The first-order valence-electron chi connectivity index (χ1n) is 10.8. The molecule has 0 bridgehead atoms. The predicted octanol–water partition coefficient (Wildman–Crippen LogP) is 4.31. The van der Waals surface area contributed by atoms with Crippen LogP contribution in [0.4, 0.5) is 5.69 Å². The van der Waals surface area contributed by atoms with Crippen molar-refractivity contribution in [2.75, 3.05) is 18.4 Å². The Labute approximate surface area is 192 Å². The van der Waals surface area contributed by atoms with Gasteiger partial charge >= 0.3 is 0 Å². The van der Waals surface area contributed by atoms with Gasteiger partial charge in [0, 0.05) is 24.7 Å². The fraction of sp³-hybridized carbons (Fsp3) is 0.348. The third-order valence-corrected chi connectivity index (χ3v) is 8.46. The number of rotatable bonds is 7. The van der Waals surface area contributed by atoms with Crippen molar-refractivity contribution in [3.8, 4) is 0 Å². The Morgan fingerprint density at radius 3 is 2.59 bits per heavy atom. The number of hydrogen-bond acceptors (Lipinski definition) is 6. The Hall–Kier alpha value is -2.62. The van der Waals surface area contributed by atoms with Gasteiger partial charge in [0.15, 0.2) is 0 Å². The Balaban J connectivity index is 1.45. The smallest absolute Gasteiger partial charge is 0.286 e. The van der Waals surface area contributed by atoms with Gasteiger partial charge in [0.2, 0.25) is 15.0 Å². The summed E-state index contributed by atoms with van der Waals surface area (Å²) in [5.41, 5.74) is 1.83. The molecule has 1 aliphatic heterocycles. The van der Waals surface area contributed by atoms with Crippen LogP contribution in [0.15, 0.2) is 59.5 Å². The maximum Gasteiger partial charge on any atom is 0.286 e. The first-order chi connectivity index (χ1) is 15.5. The second kappa shape index (κ2) is 9.89. The van der Waals surface area contributed by atoms with Crippen molar-refractivity contribution in [2.24, 2.45) is 0 Å². The third-order valence-electron chi connectivity index (χ3n) is 5.50. The van der Waals surface area contributed by atoms with E-state index < -0.39 is 10.0 Å². The van der Waals surface area contributed by atoms with Crippen LogP contribution in [0.5, 0.6) is 0 Å². The molecule has 0 saturated carbocycles. The summed E-state index contributed by atoms with van der Waals surface area (Å²) >= 11 is 1.23. The highest BCUT2D eigenvalue weighted by molar-refractivity contribution is 7.89. The topological polar surface area (TPSA) is 92.3 Å². The number of sulfonamides is 1. The Kier molecular flexibility index (Phi) is 6.98. The molecular formula is C23H26N4O3S2. The van der Waals surface area contributed by atoms with E-state index in [-0.39, 0.29) is 16.8 Å². The lowest BCUT2D eigenvalue weighted by molar-refractivity contribution is 0.102. The van der Waals surface area contributed by atoms with Gasteiger partial charge in [-0.15, -0.1) is 10.2 Å². The van der Waals surface area contributed by atoms with Gasteiger partial charge in [-0.25, -0.2) is 8.42 Å². The molecule has 168 valence electrons. The predicted molar refractivity (Wildman–Crippen MR) is 125 cm³/mol. The molecular weight excluding hydrogens is 444 g/mol. The minimum Gasteiger partial charge on any atom is -0.320 e. The van der Waals surface area contributed by atoms with Gasteiger partial charge < -0.3 is 5.32 Å². The normalized spacial score (nSPS) is 17.2. The quantitative estimate of drug-likeness (QED) is 0.555. The molecule has 1 atom stereocenters. The van der Waals surface area contributed by atoms with Gasteiger partial charge in [0.25, 0.3) is 5.91 Å². The van der Waals surface area contributed by atoms with E-state index in [1.165, 1.54) is 15.6 Å². The van der Waals surface area contributed by atoms with Crippen LogP contribution in [0.1, 0.15) is 52.5 Å². The summed E-state index contributed by atoms with van der Waals surface area (Å²) in [6.07, 6.45) is 3.51. The van der Waals surface area contributed by atoms with Gasteiger partial charge in [-0.1, -0.05) is 55.0 Å². The zero-order valence-electron chi connectivity index (χ0n) is 17.9. The molecule has 1 aliphatic rings. The molecule has 1 saturated heterocycles. The molecule has 32 heavy (non-hydrogen) atoms. The highest BCUT2D eigenvalue weighted by Crippen LogP contribution is 2.32. The van der Waals surface area contributed by atoms with Crippen LogP contribution >= 0.6 is 11.3 Å². The van der Waals surface area contributed by atoms with Gasteiger partial charge in [0.1, 0.15) is 5.01 Å². The Morgan fingerprint density at radius 2 is 1.88 bits per heavy atom. The van der Waals surface area contributed by atoms with Gasteiger partial charge in [-0.3, -0.25) is 4.79 Å². The van der Waals surface area contributed by atoms with Crippen molar-refractivity contribution >= 4 is 33.0 Å². The van der Waals surface area contributed by atoms with E-state index in [1.54, 1.807) is 24.3 Å². The summed E-state index contributed by atoms with van der Waals surface area (Å²) in [5.74, 6) is -0.388. The highest BCUT2D eigenvalue weighted by atomic mass is 32.2. The van der Waals surface area contributed by atoms with Crippen LogP contribution in [-0.2, 0) is 16.4 Å². The number of anilines is 1. The minimum absolute atomic E-state index is 0.0753. The van der Waals surface area contributed by atoms with Crippen LogP contribution in [0.25, 0.3) is 0 Å². The molecule has 2 aromatic carbocycles. The average molecular weight is 471 g/mol. The van der Waals surface area contributed by atoms with Gasteiger partial charge in [-0.05, 0) is 49.1 Å². The molecule has 1 unspecified atom stereocenters. The second-order valence-electron chi connectivity index (χ2n) is 7.86. The first kappa shape index (κ1) is 22.6. The van der Waals surface area contributed by atoms with Crippen molar-refractivity contribution in [1.29, 1.82) is 0 Å². The van der Waals surface area contributed by atoms with Crippen LogP contribution in [-0.4, -0.2) is 41.9 Å². The fourth-order valence-corrected chi connectivity index (χ4v) is 6.21. The molecule has 7 nitrogen and oxygen atoms in total. The first-order valence-corrected chi connectivity index (χ1v) is 13.0. The number of nitrogens with zero attached hydrogens (tertiary/aromatic N) is 3. The summed E-state index contributed by atoms with van der Waals surface area (Å²) in [6, 6.07) is 16.3. The van der Waals surface area contributed by atoms with Crippen LogP contribution in [0.2, 0.25) is 0 Å². The third kappa shape index (κ3) is 5.06. The maximum atomic E-state index is 13.2. The van der Waals surface area contributed by atoms with Crippen molar-refractivity contribution in [3.05, 3.63) is 70.2 Å². The van der Waals surface area contributed by atoms with E-state index in [4.69, 9.17) is 0 Å². The van der Waals surface area contributed by atoms with Crippen molar-refractivity contribution in [2.45, 2.75) is 43.4 Å². The molecule has 3 aromatic rings. The number of benzene rings is 2. The van der Waals surface area contributed by atoms with Crippen LogP contribution in [0.3, 0.4) is 0 Å². The van der Waals surface area contributed by atoms with E-state index in [2.05, 4.69) is 22.4 Å². The summed E-state index contributed by atoms with van der Waals surface area (Å²) in [6.45, 7) is 2.92. The number of nitrogens with one attached hydrogen (secondary N) is 1. The van der Waals surface area contributed by atoms with E-state index in [0.717, 1.165) is 31.2 Å². The summed E-state index contributed by atoms with van der Waals surface area (Å²) in [7, 11) is -3.57. The number of aryl methyl sites for hydroxylation is 1. The number of carbonyl (C=O) groups excluding carboxylic acids is 1. The molecule has 0 aliphatic carbocycles. The molecule has 4 rings (SSSR count).